The number of anilines is 1. The van der Waals surface area contributed by atoms with Crippen molar-refractivity contribution < 1.29 is 23.8 Å². The zero-order valence-electron chi connectivity index (χ0n) is 12.3. The van der Waals surface area contributed by atoms with Crippen LogP contribution in [0.15, 0.2) is 12.1 Å². The first-order chi connectivity index (χ1) is 9.44. The van der Waals surface area contributed by atoms with Gasteiger partial charge in [0.15, 0.2) is 17.3 Å². The molecule has 6 heteroatoms. The highest BCUT2D eigenvalue weighted by Gasteiger charge is 2.18. The Morgan fingerprint density at radius 3 is 2.10 bits per heavy atom. The standard InChI is InChI=1S/C14H19NO5/c1-8(16)10-6-12(19-4)13(20-5)7-11(10)15-14(17)9(2)18-3/h6-7,9H,1-5H3,(H,15,17). The van der Waals surface area contributed by atoms with Gasteiger partial charge in [0.05, 0.1) is 19.9 Å². The van der Waals surface area contributed by atoms with Crippen LogP contribution in [0, 0.1) is 0 Å². The van der Waals surface area contributed by atoms with Gasteiger partial charge < -0.3 is 19.5 Å². The maximum atomic E-state index is 11.9. The molecule has 6 nitrogen and oxygen atoms in total. The predicted molar refractivity (Wildman–Crippen MR) is 74.7 cm³/mol. The minimum atomic E-state index is -0.622. The van der Waals surface area contributed by atoms with Crippen molar-refractivity contribution in [3.8, 4) is 11.5 Å². The molecule has 0 fully saturated rings. The Bertz CT molecular complexity index is 513. The Kier molecular flexibility index (Phi) is 5.52. The van der Waals surface area contributed by atoms with Crippen LogP contribution in [-0.4, -0.2) is 39.1 Å². The Balaban J connectivity index is 3.22. The number of hydrogen-bond donors (Lipinski definition) is 1. The number of Topliss-reactive ketones (excluding diaryl/α,β-unsaturated/α-hetero) is 1. The third-order valence-corrected chi connectivity index (χ3v) is 2.88. The van der Waals surface area contributed by atoms with Crippen molar-refractivity contribution in [1.82, 2.24) is 0 Å². The number of nitrogens with one attached hydrogen (secondary N) is 1. The molecule has 0 spiro atoms. The summed E-state index contributed by atoms with van der Waals surface area (Å²) in [6.07, 6.45) is -0.622. The molecule has 1 aromatic carbocycles. The number of benzene rings is 1. The van der Waals surface area contributed by atoms with Gasteiger partial charge in [-0.3, -0.25) is 9.59 Å². The van der Waals surface area contributed by atoms with Crippen LogP contribution in [0.4, 0.5) is 5.69 Å². The molecule has 0 aliphatic rings. The summed E-state index contributed by atoms with van der Waals surface area (Å²) in [6.45, 7) is 3.03. The predicted octanol–water partition coefficient (Wildman–Crippen LogP) is 1.88. The molecule has 1 unspecified atom stereocenters. The van der Waals surface area contributed by atoms with Crippen molar-refractivity contribution in [1.29, 1.82) is 0 Å². The Labute approximate surface area is 118 Å². The number of hydrogen-bond acceptors (Lipinski definition) is 5. The second-order valence-corrected chi connectivity index (χ2v) is 4.18. The summed E-state index contributed by atoms with van der Waals surface area (Å²) in [7, 11) is 4.40. The molecule has 0 aromatic heterocycles. The van der Waals surface area contributed by atoms with Crippen molar-refractivity contribution in [2.45, 2.75) is 20.0 Å². The Hall–Kier alpha value is -2.08. The molecule has 0 aliphatic heterocycles. The number of amides is 1. The zero-order valence-corrected chi connectivity index (χ0v) is 12.3. The lowest BCUT2D eigenvalue weighted by Gasteiger charge is -2.16. The lowest BCUT2D eigenvalue weighted by Crippen LogP contribution is -2.27. The molecule has 1 N–H and O–H groups in total. The number of carbonyl (C=O) groups excluding carboxylic acids is 2. The van der Waals surface area contributed by atoms with Gasteiger partial charge in [0.1, 0.15) is 6.10 Å². The maximum Gasteiger partial charge on any atom is 0.253 e. The third kappa shape index (κ3) is 3.48. The smallest absolute Gasteiger partial charge is 0.253 e. The summed E-state index contributed by atoms with van der Waals surface area (Å²) in [4.78, 5) is 23.5. The minimum Gasteiger partial charge on any atom is -0.493 e. The molecule has 1 amide bonds. The van der Waals surface area contributed by atoms with E-state index in [1.807, 2.05) is 0 Å². The molecule has 0 bridgehead atoms. The SMILES string of the molecule is COc1cc(NC(=O)C(C)OC)c(C(C)=O)cc1OC. The summed E-state index contributed by atoms with van der Waals surface area (Å²) in [5, 5.41) is 2.65. The van der Waals surface area contributed by atoms with Gasteiger partial charge >= 0.3 is 0 Å². The lowest BCUT2D eigenvalue weighted by atomic mass is 10.1. The van der Waals surface area contributed by atoms with Crippen molar-refractivity contribution in [2.75, 3.05) is 26.6 Å². The van der Waals surface area contributed by atoms with Gasteiger partial charge in [0.2, 0.25) is 0 Å². The Morgan fingerprint density at radius 1 is 1.10 bits per heavy atom. The molecule has 1 atom stereocenters. The van der Waals surface area contributed by atoms with Crippen LogP contribution in [0.2, 0.25) is 0 Å². The van der Waals surface area contributed by atoms with Crippen LogP contribution in [0.5, 0.6) is 11.5 Å². The van der Waals surface area contributed by atoms with Crippen LogP contribution < -0.4 is 14.8 Å². The van der Waals surface area contributed by atoms with E-state index in [1.165, 1.54) is 34.3 Å². The molecule has 0 aliphatic carbocycles. The summed E-state index contributed by atoms with van der Waals surface area (Å²) in [5.74, 6) is 0.321. The fourth-order valence-corrected chi connectivity index (χ4v) is 1.62. The van der Waals surface area contributed by atoms with Crippen molar-refractivity contribution >= 4 is 17.4 Å². The van der Waals surface area contributed by atoms with E-state index in [1.54, 1.807) is 13.0 Å². The van der Waals surface area contributed by atoms with Gasteiger partial charge in [-0.05, 0) is 19.9 Å². The maximum absolute atomic E-state index is 11.9. The van der Waals surface area contributed by atoms with Gasteiger partial charge in [-0.1, -0.05) is 0 Å². The van der Waals surface area contributed by atoms with Crippen LogP contribution in [0.3, 0.4) is 0 Å². The summed E-state index contributed by atoms with van der Waals surface area (Å²) in [5.41, 5.74) is 0.711. The molecule has 20 heavy (non-hydrogen) atoms. The van der Waals surface area contributed by atoms with Crippen molar-refractivity contribution in [3.63, 3.8) is 0 Å². The highest BCUT2D eigenvalue weighted by molar-refractivity contribution is 6.05. The van der Waals surface area contributed by atoms with Crippen LogP contribution in [0.1, 0.15) is 24.2 Å². The van der Waals surface area contributed by atoms with Gasteiger partial charge in [0, 0.05) is 18.7 Å². The fraction of sp³-hybridized carbons (Fsp3) is 0.429. The zero-order chi connectivity index (χ0) is 15.3. The summed E-state index contributed by atoms with van der Waals surface area (Å²) in [6, 6.07) is 3.09. The van der Waals surface area contributed by atoms with E-state index in [9.17, 15) is 9.59 Å². The second kappa shape index (κ2) is 6.91. The van der Waals surface area contributed by atoms with E-state index in [2.05, 4.69) is 5.32 Å². The second-order valence-electron chi connectivity index (χ2n) is 4.18. The quantitative estimate of drug-likeness (QED) is 0.806. The third-order valence-electron chi connectivity index (χ3n) is 2.88. The van der Waals surface area contributed by atoms with E-state index >= 15 is 0 Å². The number of rotatable bonds is 6. The Morgan fingerprint density at radius 2 is 1.65 bits per heavy atom. The molecular formula is C14H19NO5. The highest BCUT2D eigenvalue weighted by Crippen LogP contribution is 2.33. The fourth-order valence-electron chi connectivity index (χ4n) is 1.62. The number of ether oxygens (including phenoxy) is 3. The summed E-state index contributed by atoms with van der Waals surface area (Å²) < 4.78 is 15.2. The first-order valence-corrected chi connectivity index (χ1v) is 6.05. The largest absolute Gasteiger partial charge is 0.493 e. The van der Waals surface area contributed by atoms with E-state index in [-0.39, 0.29) is 11.7 Å². The monoisotopic (exact) mass is 281 g/mol. The van der Waals surface area contributed by atoms with Crippen LogP contribution in [-0.2, 0) is 9.53 Å². The number of ketones is 1. The molecular weight excluding hydrogens is 262 g/mol. The van der Waals surface area contributed by atoms with Gasteiger partial charge in [-0.2, -0.15) is 0 Å². The van der Waals surface area contributed by atoms with Gasteiger partial charge in [0.25, 0.3) is 5.91 Å². The van der Waals surface area contributed by atoms with Crippen molar-refractivity contribution in [3.05, 3.63) is 17.7 Å². The molecule has 0 radical (unpaired) electrons. The van der Waals surface area contributed by atoms with Crippen molar-refractivity contribution in [2.24, 2.45) is 0 Å². The lowest BCUT2D eigenvalue weighted by molar-refractivity contribution is -0.124. The van der Waals surface area contributed by atoms with E-state index in [0.717, 1.165) is 0 Å². The highest BCUT2D eigenvalue weighted by atomic mass is 16.5. The molecule has 0 saturated carbocycles. The molecule has 1 aromatic rings. The first-order valence-electron chi connectivity index (χ1n) is 6.05. The molecule has 1 rings (SSSR count). The molecule has 0 saturated heterocycles. The van der Waals surface area contributed by atoms with Gasteiger partial charge in [-0.15, -0.1) is 0 Å². The average Bonchev–Trinajstić information content (AvgIpc) is 2.45. The van der Waals surface area contributed by atoms with E-state index < -0.39 is 6.10 Å². The summed E-state index contributed by atoms with van der Waals surface area (Å²) >= 11 is 0. The van der Waals surface area contributed by atoms with Crippen LogP contribution >= 0.6 is 0 Å². The van der Waals surface area contributed by atoms with E-state index in [4.69, 9.17) is 14.2 Å². The average molecular weight is 281 g/mol. The first kappa shape index (κ1) is 16.0. The minimum absolute atomic E-state index is 0.189. The molecule has 0 heterocycles. The van der Waals surface area contributed by atoms with Gasteiger partial charge in [-0.25, -0.2) is 0 Å². The topological polar surface area (TPSA) is 73.9 Å². The van der Waals surface area contributed by atoms with E-state index in [0.29, 0.717) is 22.7 Å². The molecule has 110 valence electrons. The number of carbonyl (C=O) groups is 2. The normalized spacial score (nSPS) is 11.7. The number of methoxy groups -OCH3 is 3. The van der Waals surface area contributed by atoms with Crippen LogP contribution in [0.25, 0.3) is 0 Å².